The summed E-state index contributed by atoms with van der Waals surface area (Å²) in [7, 11) is 0. The third kappa shape index (κ3) is 4.71. The number of aryl methyl sites for hydroxylation is 1. The van der Waals surface area contributed by atoms with E-state index < -0.39 is 0 Å². The second-order valence-corrected chi connectivity index (χ2v) is 8.03. The number of rotatable bonds is 6. The molecular weight excluding hydrogens is 280 g/mol. The van der Waals surface area contributed by atoms with Gasteiger partial charge in [-0.3, -0.25) is 0 Å². The van der Waals surface area contributed by atoms with Gasteiger partial charge in [-0.15, -0.1) is 10.2 Å². The molecule has 1 atom stereocenters. The fourth-order valence-electron chi connectivity index (χ4n) is 2.66. The first-order valence-electron chi connectivity index (χ1n) is 8.30. The van der Waals surface area contributed by atoms with Gasteiger partial charge in [0.15, 0.2) is 5.16 Å². The van der Waals surface area contributed by atoms with Crippen molar-refractivity contribution >= 4 is 11.8 Å². The van der Waals surface area contributed by atoms with Crippen LogP contribution in [0, 0.1) is 5.41 Å². The number of hydrogen-bond donors (Lipinski definition) is 1. The molecule has 0 saturated heterocycles. The molecule has 0 amide bonds. The summed E-state index contributed by atoms with van der Waals surface area (Å²) in [5.41, 5.74) is 0.268. The van der Waals surface area contributed by atoms with Crippen molar-refractivity contribution in [2.45, 2.75) is 77.5 Å². The zero-order valence-electron chi connectivity index (χ0n) is 14.0. The molecule has 0 radical (unpaired) electrons. The van der Waals surface area contributed by atoms with Crippen LogP contribution in [0.1, 0.15) is 59.2 Å². The summed E-state index contributed by atoms with van der Waals surface area (Å²) in [6, 6.07) is 0.501. The Hall–Kier alpha value is -0.550. The van der Waals surface area contributed by atoms with Crippen molar-refractivity contribution in [1.82, 2.24) is 20.1 Å². The van der Waals surface area contributed by atoms with Gasteiger partial charge in [0.25, 0.3) is 0 Å². The Kier molecular flexibility index (Phi) is 6.11. The average molecular weight is 311 g/mol. The predicted octanol–water partition coefficient (Wildman–Crippen LogP) is 3.51. The Balaban J connectivity index is 1.99. The first kappa shape index (κ1) is 16.8. The molecule has 0 aromatic carbocycles. The predicted molar refractivity (Wildman–Crippen MR) is 89.8 cm³/mol. The lowest BCUT2D eigenvalue weighted by atomic mass is 9.88. The van der Waals surface area contributed by atoms with Crippen molar-refractivity contribution in [3.8, 4) is 0 Å². The van der Waals surface area contributed by atoms with E-state index in [-0.39, 0.29) is 5.41 Å². The molecule has 0 saturated carbocycles. The third-order valence-corrected chi connectivity index (χ3v) is 5.20. The highest BCUT2D eigenvalue weighted by atomic mass is 32.2. The van der Waals surface area contributed by atoms with E-state index in [0.717, 1.165) is 30.4 Å². The van der Waals surface area contributed by atoms with E-state index in [9.17, 15) is 0 Å². The van der Waals surface area contributed by atoms with Gasteiger partial charge >= 0.3 is 0 Å². The molecule has 1 aromatic heterocycles. The Labute approximate surface area is 133 Å². The maximum absolute atomic E-state index is 4.42. The molecule has 120 valence electrons. The molecule has 2 rings (SSSR count). The maximum Gasteiger partial charge on any atom is 0.191 e. The van der Waals surface area contributed by atoms with Crippen LogP contribution >= 0.6 is 11.8 Å². The average Bonchev–Trinajstić information content (AvgIpc) is 2.66. The van der Waals surface area contributed by atoms with E-state index in [0.29, 0.717) is 6.04 Å². The minimum atomic E-state index is 0.268. The third-order valence-electron chi connectivity index (χ3n) is 4.14. The van der Waals surface area contributed by atoms with E-state index in [1.807, 2.05) is 11.8 Å². The molecule has 1 aromatic rings. The Morgan fingerprint density at radius 2 is 2.05 bits per heavy atom. The highest BCUT2D eigenvalue weighted by molar-refractivity contribution is 7.99. The monoisotopic (exact) mass is 310 g/mol. The highest BCUT2D eigenvalue weighted by Gasteiger charge is 2.25. The number of aromatic nitrogens is 3. The minimum Gasteiger partial charge on any atom is -0.313 e. The van der Waals surface area contributed by atoms with Crippen LogP contribution in [0.3, 0.4) is 0 Å². The summed E-state index contributed by atoms with van der Waals surface area (Å²) in [6.45, 7) is 11.3. The van der Waals surface area contributed by atoms with Gasteiger partial charge in [-0.2, -0.15) is 0 Å². The fourth-order valence-corrected chi connectivity index (χ4v) is 4.04. The zero-order valence-corrected chi connectivity index (χ0v) is 14.8. The lowest BCUT2D eigenvalue weighted by molar-refractivity contribution is 0.291. The molecule has 1 N–H and O–H groups in total. The molecule has 0 fully saturated rings. The Bertz CT molecular complexity index is 436. The van der Waals surface area contributed by atoms with E-state index in [4.69, 9.17) is 0 Å². The van der Waals surface area contributed by atoms with E-state index >= 15 is 0 Å². The molecule has 1 aliphatic rings. The van der Waals surface area contributed by atoms with Crippen LogP contribution in [0.5, 0.6) is 0 Å². The first-order valence-corrected chi connectivity index (χ1v) is 9.29. The fraction of sp³-hybridized carbons (Fsp3) is 0.875. The topological polar surface area (TPSA) is 42.7 Å². The number of nitrogens with zero attached hydrogens (tertiary/aromatic N) is 3. The minimum absolute atomic E-state index is 0.268. The number of fused-ring (bicyclic) bond motifs is 1. The van der Waals surface area contributed by atoms with Crippen molar-refractivity contribution in [2.75, 3.05) is 12.3 Å². The lowest BCUT2D eigenvalue weighted by Gasteiger charge is -2.31. The Morgan fingerprint density at radius 3 is 2.76 bits per heavy atom. The standard InChI is InChI=1S/C16H30N4S/c1-5-10-17-13(16(2,3)4)12-21-15-19-18-14-9-7-6-8-11-20(14)15/h13,17H,5-12H2,1-4H3. The Morgan fingerprint density at radius 1 is 1.24 bits per heavy atom. The largest absolute Gasteiger partial charge is 0.313 e. The van der Waals surface area contributed by atoms with Gasteiger partial charge in [-0.05, 0) is 31.2 Å². The zero-order chi connectivity index (χ0) is 15.3. The quantitative estimate of drug-likeness (QED) is 0.817. The molecule has 0 spiro atoms. The normalized spacial score (nSPS) is 17.3. The second kappa shape index (κ2) is 7.63. The van der Waals surface area contributed by atoms with Crippen molar-refractivity contribution in [1.29, 1.82) is 0 Å². The van der Waals surface area contributed by atoms with Gasteiger partial charge in [0.2, 0.25) is 0 Å². The van der Waals surface area contributed by atoms with Gasteiger partial charge in [0.1, 0.15) is 5.82 Å². The molecule has 4 nitrogen and oxygen atoms in total. The van der Waals surface area contributed by atoms with Crippen LogP contribution in [0.4, 0.5) is 0 Å². The molecule has 0 bridgehead atoms. The van der Waals surface area contributed by atoms with Gasteiger partial charge in [-0.25, -0.2) is 0 Å². The van der Waals surface area contributed by atoms with Crippen LogP contribution in [-0.4, -0.2) is 33.1 Å². The van der Waals surface area contributed by atoms with Gasteiger partial charge < -0.3 is 9.88 Å². The van der Waals surface area contributed by atoms with Crippen LogP contribution in [-0.2, 0) is 13.0 Å². The first-order chi connectivity index (χ1) is 10.0. The highest BCUT2D eigenvalue weighted by Crippen LogP contribution is 2.27. The van der Waals surface area contributed by atoms with Gasteiger partial charge in [-0.1, -0.05) is 45.9 Å². The molecule has 0 aliphatic carbocycles. The number of thioether (sulfide) groups is 1. The van der Waals surface area contributed by atoms with Crippen LogP contribution in [0.15, 0.2) is 5.16 Å². The van der Waals surface area contributed by atoms with Crippen molar-refractivity contribution in [3.63, 3.8) is 0 Å². The van der Waals surface area contributed by atoms with Gasteiger partial charge in [0.05, 0.1) is 0 Å². The lowest BCUT2D eigenvalue weighted by Crippen LogP contribution is -2.42. The summed E-state index contributed by atoms with van der Waals surface area (Å²) in [4.78, 5) is 0. The summed E-state index contributed by atoms with van der Waals surface area (Å²) in [5, 5.41) is 13.6. The van der Waals surface area contributed by atoms with E-state index in [1.165, 1.54) is 31.5 Å². The molecule has 1 unspecified atom stereocenters. The summed E-state index contributed by atoms with van der Waals surface area (Å²) in [5.74, 6) is 2.24. The van der Waals surface area contributed by atoms with Crippen molar-refractivity contribution < 1.29 is 0 Å². The number of nitrogens with one attached hydrogen (secondary N) is 1. The van der Waals surface area contributed by atoms with Crippen molar-refractivity contribution in [3.05, 3.63) is 5.82 Å². The van der Waals surface area contributed by atoms with Crippen LogP contribution in [0.25, 0.3) is 0 Å². The summed E-state index contributed by atoms with van der Waals surface area (Å²) < 4.78 is 2.34. The van der Waals surface area contributed by atoms with Gasteiger partial charge in [0, 0.05) is 24.8 Å². The maximum atomic E-state index is 4.42. The summed E-state index contributed by atoms with van der Waals surface area (Å²) in [6.07, 6.45) is 6.10. The summed E-state index contributed by atoms with van der Waals surface area (Å²) >= 11 is 1.86. The molecular formula is C16H30N4S. The van der Waals surface area contributed by atoms with E-state index in [2.05, 4.69) is 47.8 Å². The van der Waals surface area contributed by atoms with Crippen LogP contribution < -0.4 is 5.32 Å². The molecule has 21 heavy (non-hydrogen) atoms. The van der Waals surface area contributed by atoms with E-state index in [1.54, 1.807) is 0 Å². The molecule has 2 heterocycles. The number of hydrogen-bond acceptors (Lipinski definition) is 4. The van der Waals surface area contributed by atoms with Crippen LogP contribution in [0.2, 0.25) is 0 Å². The van der Waals surface area contributed by atoms with Crippen molar-refractivity contribution in [2.24, 2.45) is 5.41 Å². The molecule has 5 heteroatoms. The smallest absolute Gasteiger partial charge is 0.191 e. The SMILES string of the molecule is CCCNC(CSc1nnc2n1CCCCC2)C(C)(C)C. The molecule has 1 aliphatic heterocycles. The second-order valence-electron chi connectivity index (χ2n) is 7.04.